The zero-order valence-electron chi connectivity index (χ0n) is 11.0. The van der Waals surface area contributed by atoms with E-state index in [9.17, 15) is 22.8 Å². The quantitative estimate of drug-likeness (QED) is 0.751. The fraction of sp³-hybridized carbons (Fsp3) is 0.0667. The lowest BCUT2D eigenvalue weighted by atomic mass is 10.2. The van der Waals surface area contributed by atoms with E-state index in [1.165, 1.54) is 6.07 Å². The molecule has 2 aromatic carbocycles. The minimum atomic E-state index is -4.47. The van der Waals surface area contributed by atoms with Crippen LogP contribution >= 0.6 is 0 Å². The molecule has 0 atom stereocenters. The summed E-state index contributed by atoms with van der Waals surface area (Å²) in [5.74, 6) is 0. The number of hydrogen-bond acceptors (Lipinski definition) is 2. The highest BCUT2D eigenvalue weighted by molar-refractivity contribution is 5.77. The minimum Gasteiger partial charge on any atom is -0.306 e. The van der Waals surface area contributed by atoms with Crippen LogP contribution in [-0.2, 0) is 6.18 Å². The topological polar surface area (TPSA) is 54.9 Å². The van der Waals surface area contributed by atoms with Gasteiger partial charge >= 0.3 is 11.9 Å². The van der Waals surface area contributed by atoms with Gasteiger partial charge < -0.3 is 4.98 Å². The van der Waals surface area contributed by atoms with Crippen molar-refractivity contribution in [3.8, 4) is 5.69 Å². The van der Waals surface area contributed by atoms with Crippen LogP contribution in [0.25, 0.3) is 16.6 Å². The summed E-state index contributed by atoms with van der Waals surface area (Å²) in [6, 6.07) is 10.3. The molecule has 0 fully saturated rings. The molecule has 112 valence electrons. The Morgan fingerprint density at radius 1 is 0.909 bits per heavy atom. The van der Waals surface area contributed by atoms with Gasteiger partial charge in [0.25, 0.3) is 5.56 Å². The Bertz CT molecular complexity index is 953. The van der Waals surface area contributed by atoms with Crippen LogP contribution in [0.2, 0.25) is 0 Å². The number of benzene rings is 2. The second kappa shape index (κ2) is 4.87. The molecule has 0 aliphatic rings. The molecule has 0 aliphatic carbocycles. The Hall–Kier alpha value is -2.83. The fourth-order valence-corrected chi connectivity index (χ4v) is 2.20. The van der Waals surface area contributed by atoms with E-state index in [1.54, 1.807) is 18.2 Å². The Morgan fingerprint density at radius 3 is 2.18 bits per heavy atom. The molecule has 4 nitrogen and oxygen atoms in total. The zero-order valence-corrected chi connectivity index (χ0v) is 11.0. The summed E-state index contributed by atoms with van der Waals surface area (Å²) in [5.41, 5.74) is -1.69. The number of nitrogens with zero attached hydrogens (tertiary/aromatic N) is 1. The van der Waals surface area contributed by atoms with E-state index in [0.29, 0.717) is 5.52 Å². The summed E-state index contributed by atoms with van der Waals surface area (Å²) < 4.78 is 38.5. The summed E-state index contributed by atoms with van der Waals surface area (Å²) in [5, 5.41) is 0.280. The van der Waals surface area contributed by atoms with Crippen molar-refractivity contribution >= 4 is 10.9 Å². The molecule has 1 aromatic heterocycles. The molecule has 0 saturated carbocycles. The van der Waals surface area contributed by atoms with Crippen molar-refractivity contribution in [2.45, 2.75) is 6.18 Å². The maximum absolute atomic E-state index is 12.6. The summed E-state index contributed by atoms with van der Waals surface area (Å²) >= 11 is 0. The third-order valence-electron chi connectivity index (χ3n) is 3.26. The van der Waals surface area contributed by atoms with Crippen molar-refractivity contribution in [3.05, 3.63) is 74.9 Å². The predicted octanol–water partition coefficient (Wildman–Crippen LogP) is 2.70. The first kappa shape index (κ1) is 14.1. The van der Waals surface area contributed by atoms with Crippen molar-refractivity contribution in [2.75, 3.05) is 0 Å². The van der Waals surface area contributed by atoms with Gasteiger partial charge in [-0.2, -0.15) is 13.2 Å². The minimum absolute atomic E-state index is 0.0741. The Labute approximate surface area is 121 Å². The molecule has 0 aliphatic heterocycles. The van der Waals surface area contributed by atoms with Crippen LogP contribution in [0.4, 0.5) is 13.2 Å². The van der Waals surface area contributed by atoms with E-state index in [0.717, 1.165) is 28.8 Å². The van der Waals surface area contributed by atoms with Crippen LogP contribution in [0.3, 0.4) is 0 Å². The smallest absolute Gasteiger partial charge is 0.306 e. The van der Waals surface area contributed by atoms with E-state index in [2.05, 4.69) is 4.98 Å². The fourth-order valence-electron chi connectivity index (χ4n) is 2.20. The molecule has 3 rings (SSSR count). The van der Waals surface area contributed by atoms with Gasteiger partial charge in [-0.05, 0) is 36.4 Å². The molecular formula is C15H9F3N2O2. The number of aromatic amines is 1. The average Bonchev–Trinajstić information content (AvgIpc) is 2.47. The highest BCUT2D eigenvalue weighted by Gasteiger charge is 2.30. The Morgan fingerprint density at radius 2 is 1.55 bits per heavy atom. The van der Waals surface area contributed by atoms with E-state index in [1.807, 2.05) is 0 Å². The van der Waals surface area contributed by atoms with Crippen molar-refractivity contribution < 1.29 is 13.2 Å². The van der Waals surface area contributed by atoms with Gasteiger partial charge in [-0.1, -0.05) is 12.1 Å². The first-order valence-corrected chi connectivity index (χ1v) is 6.29. The Kier molecular flexibility index (Phi) is 3.13. The van der Waals surface area contributed by atoms with E-state index in [-0.39, 0.29) is 11.1 Å². The first-order valence-electron chi connectivity index (χ1n) is 6.29. The third kappa shape index (κ3) is 2.30. The zero-order chi connectivity index (χ0) is 15.9. The second-order valence-corrected chi connectivity index (χ2v) is 4.66. The van der Waals surface area contributed by atoms with Gasteiger partial charge in [-0.25, -0.2) is 9.36 Å². The molecule has 7 heteroatoms. The number of rotatable bonds is 1. The van der Waals surface area contributed by atoms with Gasteiger partial charge in [0.05, 0.1) is 22.2 Å². The lowest BCUT2D eigenvalue weighted by molar-refractivity contribution is -0.137. The molecule has 0 unspecified atom stereocenters. The summed E-state index contributed by atoms with van der Waals surface area (Å²) in [6.45, 7) is 0. The lowest BCUT2D eigenvalue weighted by Crippen LogP contribution is -2.33. The molecule has 0 radical (unpaired) electrons. The first-order chi connectivity index (χ1) is 10.4. The summed E-state index contributed by atoms with van der Waals surface area (Å²) in [4.78, 5) is 26.9. The molecular weight excluding hydrogens is 297 g/mol. The molecule has 22 heavy (non-hydrogen) atoms. The second-order valence-electron chi connectivity index (χ2n) is 4.66. The number of H-pyrrole nitrogens is 1. The van der Waals surface area contributed by atoms with Gasteiger partial charge in [0.15, 0.2) is 0 Å². The van der Waals surface area contributed by atoms with Crippen LogP contribution in [0, 0.1) is 0 Å². The number of halogens is 3. The average molecular weight is 306 g/mol. The van der Waals surface area contributed by atoms with Gasteiger partial charge in [0, 0.05) is 0 Å². The van der Waals surface area contributed by atoms with Crippen LogP contribution < -0.4 is 11.2 Å². The van der Waals surface area contributed by atoms with Gasteiger partial charge in [0.1, 0.15) is 0 Å². The highest BCUT2D eigenvalue weighted by Crippen LogP contribution is 2.29. The largest absolute Gasteiger partial charge is 0.416 e. The van der Waals surface area contributed by atoms with E-state index >= 15 is 0 Å². The van der Waals surface area contributed by atoms with Gasteiger partial charge in [-0.15, -0.1) is 0 Å². The van der Waals surface area contributed by atoms with Crippen LogP contribution in [-0.4, -0.2) is 9.55 Å². The molecule has 1 heterocycles. The van der Waals surface area contributed by atoms with E-state index < -0.39 is 23.0 Å². The van der Waals surface area contributed by atoms with Crippen molar-refractivity contribution in [1.29, 1.82) is 0 Å². The Balaban J connectivity index is 2.23. The van der Waals surface area contributed by atoms with Gasteiger partial charge in [0.2, 0.25) is 0 Å². The molecule has 3 aromatic rings. The SMILES string of the molecule is O=c1[nH]c2ccccc2c(=O)n1-c1ccc(C(F)(F)F)cc1. The number of para-hydroxylation sites is 1. The van der Waals surface area contributed by atoms with E-state index in [4.69, 9.17) is 0 Å². The lowest BCUT2D eigenvalue weighted by Gasteiger charge is -2.09. The number of alkyl halides is 3. The maximum atomic E-state index is 12.6. The van der Waals surface area contributed by atoms with Crippen LogP contribution in [0.1, 0.15) is 5.56 Å². The molecule has 0 saturated heterocycles. The monoisotopic (exact) mass is 306 g/mol. The molecule has 0 spiro atoms. The standard InChI is InChI=1S/C15H9F3N2O2/c16-15(17,18)9-5-7-10(8-6-9)20-13(21)11-3-1-2-4-12(11)19-14(20)22/h1-8H,(H,19,22). The number of aromatic nitrogens is 2. The molecule has 0 amide bonds. The highest BCUT2D eigenvalue weighted by atomic mass is 19.4. The maximum Gasteiger partial charge on any atom is 0.416 e. The summed E-state index contributed by atoms with van der Waals surface area (Å²) in [6.07, 6.45) is -4.47. The van der Waals surface area contributed by atoms with Crippen LogP contribution in [0.15, 0.2) is 58.1 Å². The summed E-state index contributed by atoms with van der Waals surface area (Å²) in [7, 11) is 0. The van der Waals surface area contributed by atoms with Gasteiger partial charge in [-0.3, -0.25) is 4.79 Å². The number of fused-ring (bicyclic) bond motifs is 1. The van der Waals surface area contributed by atoms with Crippen molar-refractivity contribution in [1.82, 2.24) is 9.55 Å². The molecule has 1 N–H and O–H groups in total. The molecule has 0 bridgehead atoms. The number of hydrogen-bond donors (Lipinski definition) is 1. The third-order valence-corrected chi connectivity index (χ3v) is 3.26. The normalized spacial score (nSPS) is 11.8. The van der Waals surface area contributed by atoms with Crippen molar-refractivity contribution in [2.24, 2.45) is 0 Å². The van der Waals surface area contributed by atoms with Crippen molar-refractivity contribution in [3.63, 3.8) is 0 Å². The van der Waals surface area contributed by atoms with Crippen LogP contribution in [0.5, 0.6) is 0 Å². The predicted molar refractivity (Wildman–Crippen MR) is 75.2 cm³/mol. The number of nitrogens with one attached hydrogen (secondary N) is 1.